The smallest absolute Gasteiger partial charge is 0.251 e. The van der Waals surface area contributed by atoms with Gasteiger partial charge in [0.2, 0.25) is 0 Å². The normalized spacial score (nSPS) is 15.6. The summed E-state index contributed by atoms with van der Waals surface area (Å²) in [5.74, 6) is -0.173. The van der Waals surface area contributed by atoms with Crippen molar-refractivity contribution < 1.29 is 4.79 Å². The Morgan fingerprint density at radius 1 is 1.02 bits per heavy atom. The fourth-order valence-corrected chi connectivity index (χ4v) is 5.98. The van der Waals surface area contributed by atoms with Crippen molar-refractivity contribution in [2.24, 2.45) is 0 Å². The van der Waals surface area contributed by atoms with E-state index in [-0.39, 0.29) is 18.0 Å². The molecule has 2 unspecified atom stereocenters. The van der Waals surface area contributed by atoms with Crippen molar-refractivity contribution in [3.8, 4) is 0 Å². The van der Waals surface area contributed by atoms with Gasteiger partial charge in [-0.05, 0) is 78.6 Å². The number of para-hydroxylation sites is 1. The molecule has 5 aromatic rings. The highest BCUT2D eigenvalue weighted by Gasteiger charge is 2.31. The quantitative estimate of drug-likeness (QED) is 0.201. The number of hydrogen-bond donors (Lipinski definition) is 2. The van der Waals surface area contributed by atoms with Crippen molar-refractivity contribution in [3.05, 3.63) is 130 Å². The number of nitrogens with zero attached hydrogens (tertiary/aromatic N) is 3. The van der Waals surface area contributed by atoms with Gasteiger partial charge in [-0.15, -0.1) is 0 Å². The molecule has 0 spiro atoms. The number of fused-ring (bicyclic) bond motifs is 2. The fraction of sp³-hybridized carbons (Fsp3) is 0.242. The largest absolute Gasteiger partial charge is 0.357 e. The Kier molecular flexibility index (Phi) is 7.62. The summed E-state index contributed by atoms with van der Waals surface area (Å²) in [6.45, 7) is 3.48. The lowest BCUT2D eigenvalue weighted by Gasteiger charge is -2.39. The highest BCUT2D eigenvalue weighted by Crippen LogP contribution is 2.39. The van der Waals surface area contributed by atoms with Crippen LogP contribution in [0.1, 0.15) is 70.3 Å². The van der Waals surface area contributed by atoms with E-state index in [9.17, 15) is 4.79 Å². The van der Waals surface area contributed by atoms with E-state index in [1.54, 1.807) is 18.3 Å². The molecule has 1 aliphatic carbocycles. The summed E-state index contributed by atoms with van der Waals surface area (Å²) in [5.41, 5.74) is 7.63. The van der Waals surface area contributed by atoms with Gasteiger partial charge in [0.15, 0.2) is 0 Å². The number of carbonyl (C=O) groups is 1. The van der Waals surface area contributed by atoms with Gasteiger partial charge in [-0.25, -0.2) is 4.98 Å². The molecule has 0 fully saturated rings. The number of rotatable bonds is 8. The zero-order chi connectivity index (χ0) is 27.5. The van der Waals surface area contributed by atoms with Crippen LogP contribution in [0.2, 0.25) is 5.15 Å². The number of aromatic nitrogens is 3. The minimum absolute atomic E-state index is 0.144. The number of nitrogens with one attached hydrogen (secondary N) is 2. The van der Waals surface area contributed by atoms with E-state index in [1.807, 2.05) is 18.3 Å². The molecule has 0 saturated heterocycles. The van der Waals surface area contributed by atoms with E-state index in [1.165, 1.54) is 27.9 Å². The standard InChI is InChI=1S/C33H32ClN5O/c1-22(29-18-26-9-2-3-12-28(26)38-29)39(30-13-5-10-25-11-6-15-36-32(25)30)21-24-8-4-7-23(17-24)20-37-33(40)27-14-16-35-31(34)19-27/h2-4,6-9,11-12,14-19,22,30,38H,5,10,13,20-21H2,1H3,(H,37,40). The van der Waals surface area contributed by atoms with E-state index < -0.39 is 0 Å². The maximum atomic E-state index is 12.7. The number of amides is 1. The molecule has 7 heteroatoms. The summed E-state index contributed by atoms with van der Waals surface area (Å²) < 4.78 is 0. The predicted molar refractivity (Wildman–Crippen MR) is 159 cm³/mol. The number of aryl methyl sites for hydroxylation is 1. The van der Waals surface area contributed by atoms with Crippen LogP contribution in [-0.4, -0.2) is 25.8 Å². The van der Waals surface area contributed by atoms with Crippen LogP contribution in [-0.2, 0) is 19.5 Å². The van der Waals surface area contributed by atoms with Crippen molar-refractivity contribution in [1.29, 1.82) is 0 Å². The van der Waals surface area contributed by atoms with E-state index in [4.69, 9.17) is 16.6 Å². The first kappa shape index (κ1) is 26.2. The lowest BCUT2D eigenvalue weighted by atomic mass is 9.89. The molecule has 40 heavy (non-hydrogen) atoms. The van der Waals surface area contributed by atoms with Crippen LogP contribution in [0.15, 0.2) is 91.3 Å². The molecule has 0 bridgehead atoms. The van der Waals surface area contributed by atoms with Crippen LogP contribution in [0.4, 0.5) is 0 Å². The summed E-state index contributed by atoms with van der Waals surface area (Å²) in [5, 5.41) is 4.53. The molecule has 1 aliphatic rings. The Morgan fingerprint density at radius 3 is 2.77 bits per heavy atom. The van der Waals surface area contributed by atoms with Crippen molar-refractivity contribution in [2.75, 3.05) is 0 Å². The van der Waals surface area contributed by atoms with E-state index >= 15 is 0 Å². The molecule has 3 heterocycles. The van der Waals surface area contributed by atoms with Gasteiger partial charge < -0.3 is 10.3 Å². The average Bonchev–Trinajstić information content (AvgIpc) is 3.43. The molecular formula is C33H32ClN5O. The highest BCUT2D eigenvalue weighted by molar-refractivity contribution is 6.29. The first-order valence-electron chi connectivity index (χ1n) is 13.8. The number of aromatic amines is 1. The Balaban J connectivity index is 1.27. The van der Waals surface area contributed by atoms with Crippen LogP contribution in [0, 0.1) is 0 Å². The molecule has 2 N–H and O–H groups in total. The molecule has 2 atom stereocenters. The average molecular weight is 550 g/mol. The topological polar surface area (TPSA) is 73.9 Å². The van der Waals surface area contributed by atoms with Gasteiger partial charge >= 0.3 is 0 Å². The molecular weight excluding hydrogens is 518 g/mol. The van der Waals surface area contributed by atoms with Crippen LogP contribution in [0.5, 0.6) is 0 Å². The van der Waals surface area contributed by atoms with Crippen molar-refractivity contribution in [1.82, 2.24) is 25.2 Å². The van der Waals surface area contributed by atoms with Crippen LogP contribution in [0.25, 0.3) is 10.9 Å². The lowest BCUT2D eigenvalue weighted by molar-refractivity contribution is 0.0950. The molecule has 6 rings (SSSR count). The van der Waals surface area contributed by atoms with E-state index in [0.717, 1.165) is 36.9 Å². The first-order chi connectivity index (χ1) is 19.5. The van der Waals surface area contributed by atoms with Gasteiger partial charge in [0.1, 0.15) is 5.15 Å². The predicted octanol–water partition coefficient (Wildman–Crippen LogP) is 7.18. The van der Waals surface area contributed by atoms with Gasteiger partial charge in [0.05, 0.1) is 11.7 Å². The van der Waals surface area contributed by atoms with Gasteiger partial charge in [0, 0.05) is 48.3 Å². The summed E-state index contributed by atoms with van der Waals surface area (Å²) in [7, 11) is 0. The molecule has 202 valence electrons. The summed E-state index contributed by atoms with van der Waals surface area (Å²) in [6, 6.07) is 27.0. The Hall–Kier alpha value is -4.00. The minimum Gasteiger partial charge on any atom is -0.357 e. The summed E-state index contributed by atoms with van der Waals surface area (Å²) in [6.07, 6.45) is 6.75. The van der Waals surface area contributed by atoms with Crippen LogP contribution < -0.4 is 5.32 Å². The maximum Gasteiger partial charge on any atom is 0.251 e. The Bertz CT molecular complexity index is 1610. The highest BCUT2D eigenvalue weighted by atomic mass is 35.5. The van der Waals surface area contributed by atoms with E-state index in [2.05, 4.69) is 81.7 Å². The maximum absolute atomic E-state index is 12.7. The molecule has 0 saturated carbocycles. The molecule has 3 aromatic heterocycles. The minimum atomic E-state index is -0.173. The third-order valence-corrected chi connectivity index (χ3v) is 8.07. The Morgan fingerprint density at radius 2 is 1.90 bits per heavy atom. The van der Waals surface area contributed by atoms with Gasteiger partial charge in [-0.2, -0.15) is 0 Å². The van der Waals surface area contributed by atoms with Gasteiger partial charge in [-0.1, -0.05) is 60.1 Å². The number of benzene rings is 2. The molecule has 2 aromatic carbocycles. The number of carbonyl (C=O) groups excluding carboxylic acids is 1. The van der Waals surface area contributed by atoms with Gasteiger partial charge in [0.25, 0.3) is 5.91 Å². The third-order valence-electron chi connectivity index (χ3n) is 7.86. The van der Waals surface area contributed by atoms with Gasteiger partial charge in [-0.3, -0.25) is 14.7 Å². The summed E-state index contributed by atoms with van der Waals surface area (Å²) in [4.78, 5) is 27.7. The second-order valence-electron chi connectivity index (χ2n) is 10.5. The Labute approximate surface area is 239 Å². The number of halogens is 1. The van der Waals surface area contributed by atoms with Crippen molar-refractivity contribution >= 4 is 28.4 Å². The van der Waals surface area contributed by atoms with Crippen molar-refractivity contribution in [2.45, 2.75) is 51.4 Å². The second-order valence-corrected chi connectivity index (χ2v) is 10.9. The third kappa shape index (κ3) is 5.64. The molecule has 0 radical (unpaired) electrons. The zero-order valence-electron chi connectivity index (χ0n) is 22.5. The van der Waals surface area contributed by atoms with E-state index in [0.29, 0.717) is 17.3 Å². The zero-order valence-corrected chi connectivity index (χ0v) is 23.2. The first-order valence-corrected chi connectivity index (χ1v) is 14.2. The number of pyridine rings is 2. The molecule has 6 nitrogen and oxygen atoms in total. The fourth-order valence-electron chi connectivity index (χ4n) is 5.80. The monoisotopic (exact) mass is 549 g/mol. The summed E-state index contributed by atoms with van der Waals surface area (Å²) >= 11 is 5.96. The molecule has 1 amide bonds. The SMILES string of the molecule is CC(c1cc2ccccc2[nH]1)N(Cc1cccc(CNC(=O)c2ccnc(Cl)c2)c1)C1CCCc2cccnc21. The number of H-pyrrole nitrogens is 1. The van der Waals surface area contributed by atoms with Crippen molar-refractivity contribution in [3.63, 3.8) is 0 Å². The molecule has 0 aliphatic heterocycles. The number of hydrogen-bond acceptors (Lipinski definition) is 4. The van der Waals surface area contributed by atoms with Crippen LogP contribution in [0.3, 0.4) is 0 Å². The second kappa shape index (κ2) is 11.6. The van der Waals surface area contributed by atoms with Crippen LogP contribution >= 0.6 is 11.6 Å². The lowest BCUT2D eigenvalue weighted by Crippen LogP contribution is -2.34.